The minimum Gasteiger partial charge on any atom is -0.454 e. The first-order valence-corrected chi connectivity index (χ1v) is 13.0. The van der Waals surface area contributed by atoms with E-state index in [1.807, 2.05) is 18.2 Å². The van der Waals surface area contributed by atoms with Crippen LogP contribution in [0.5, 0.6) is 11.5 Å². The fourth-order valence-electron chi connectivity index (χ4n) is 6.04. The Morgan fingerprint density at radius 2 is 1.71 bits per heavy atom. The quantitative estimate of drug-likeness (QED) is 0.637. The Labute approximate surface area is 208 Å². The molecular weight excluding hydrogens is 438 g/mol. The summed E-state index contributed by atoms with van der Waals surface area (Å²) in [6, 6.07) is 16.6. The smallest absolute Gasteiger partial charge is 0.231 e. The molecule has 35 heavy (non-hydrogen) atoms. The SMILES string of the molecule is O=C([C@H]1CC12CCN(Cc1cccc3c1OCO3)CC2)N1CCN(C/C=C/c2ccccc2)CC1. The molecule has 6 rings (SSSR count). The van der Waals surface area contributed by atoms with Crippen molar-refractivity contribution >= 4 is 12.0 Å². The van der Waals surface area contributed by atoms with Gasteiger partial charge in [0.2, 0.25) is 12.7 Å². The number of hydrogen-bond acceptors (Lipinski definition) is 5. The molecule has 6 nitrogen and oxygen atoms in total. The molecule has 0 bridgehead atoms. The molecule has 1 amide bonds. The molecule has 4 aliphatic rings. The average Bonchev–Trinajstić information content (AvgIpc) is 3.36. The van der Waals surface area contributed by atoms with Gasteiger partial charge in [0.1, 0.15) is 0 Å². The van der Waals surface area contributed by atoms with Crippen LogP contribution in [-0.4, -0.2) is 73.2 Å². The van der Waals surface area contributed by atoms with Gasteiger partial charge in [-0.15, -0.1) is 0 Å². The minimum absolute atomic E-state index is 0.242. The zero-order valence-corrected chi connectivity index (χ0v) is 20.4. The van der Waals surface area contributed by atoms with Gasteiger partial charge in [-0.3, -0.25) is 14.6 Å². The Balaban J connectivity index is 0.951. The van der Waals surface area contributed by atoms with Gasteiger partial charge in [0, 0.05) is 50.7 Å². The van der Waals surface area contributed by atoms with Crippen LogP contribution in [0.3, 0.4) is 0 Å². The number of piperazine rings is 1. The summed E-state index contributed by atoms with van der Waals surface area (Å²) in [5, 5.41) is 0. The number of likely N-dealkylation sites (tertiary alicyclic amines) is 1. The summed E-state index contributed by atoms with van der Waals surface area (Å²) >= 11 is 0. The van der Waals surface area contributed by atoms with Crippen molar-refractivity contribution in [2.45, 2.75) is 25.8 Å². The minimum atomic E-state index is 0.242. The predicted molar refractivity (Wildman–Crippen MR) is 136 cm³/mol. The monoisotopic (exact) mass is 473 g/mol. The van der Waals surface area contributed by atoms with Gasteiger partial charge in [0.25, 0.3) is 0 Å². The molecule has 1 aliphatic carbocycles. The van der Waals surface area contributed by atoms with Crippen molar-refractivity contribution in [3.63, 3.8) is 0 Å². The summed E-state index contributed by atoms with van der Waals surface area (Å²) in [6.07, 6.45) is 7.75. The van der Waals surface area contributed by atoms with Crippen LogP contribution in [0.1, 0.15) is 30.4 Å². The van der Waals surface area contributed by atoms with E-state index in [4.69, 9.17) is 9.47 Å². The Kier molecular flexibility index (Phi) is 6.25. The molecule has 0 unspecified atom stereocenters. The van der Waals surface area contributed by atoms with Gasteiger partial charge in [-0.1, -0.05) is 54.6 Å². The van der Waals surface area contributed by atoms with Crippen LogP contribution in [0.15, 0.2) is 54.6 Å². The highest BCUT2D eigenvalue weighted by Gasteiger charge is 2.59. The van der Waals surface area contributed by atoms with Gasteiger partial charge in [-0.25, -0.2) is 0 Å². The highest BCUT2D eigenvalue weighted by molar-refractivity contribution is 5.83. The van der Waals surface area contributed by atoms with E-state index in [1.54, 1.807) is 0 Å². The van der Waals surface area contributed by atoms with Crippen LogP contribution >= 0.6 is 0 Å². The number of carbonyl (C=O) groups is 1. The van der Waals surface area contributed by atoms with Gasteiger partial charge in [-0.2, -0.15) is 0 Å². The summed E-state index contributed by atoms with van der Waals surface area (Å²) in [7, 11) is 0. The average molecular weight is 474 g/mol. The van der Waals surface area contributed by atoms with Gasteiger partial charge in [0.15, 0.2) is 11.5 Å². The fraction of sp³-hybridized carbons (Fsp3) is 0.483. The molecule has 3 aliphatic heterocycles. The summed E-state index contributed by atoms with van der Waals surface area (Å²) < 4.78 is 11.2. The third-order valence-corrected chi connectivity index (χ3v) is 8.37. The van der Waals surface area contributed by atoms with E-state index >= 15 is 0 Å². The van der Waals surface area contributed by atoms with Crippen molar-refractivity contribution in [3.8, 4) is 11.5 Å². The number of ether oxygens (including phenoxy) is 2. The number of nitrogens with zero attached hydrogens (tertiary/aromatic N) is 3. The van der Waals surface area contributed by atoms with E-state index < -0.39 is 0 Å². The van der Waals surface area contributed by atoms with Crippen LogP contribution in [0, 0.1) is 11.3 Å². The standard InChI is InChI=1S/C29H35N3O3/c33-28(32-18-16-30(17-19-32)13-5-8-23-6-2-1-3-7-23)25-20-29(25)11-14-31(15-12-29)21-24-9-4-10-26-27(24)35-22-34-26/h1-10,25H,11-22H2/b8-5+/t25-/m1/s1. The Hall–Kier alpha value is -2.83. The lowest BCUT2D eigenvalue weighted by atomic mass is 9.90. The predicted octanol–water partition coefficient (Wildman–Crippen LogP) is 3.88. The Morgan fingerprint density at radius 1 is 0.914 bits per heavy atom. The zero-order chi connectivity index (χ0) is 23.7. The number of carbonyl (C=O) groups excluding carboxylic acids is 1. The molecule has 0 N–H and O–H groups in total. The number of benzene rings is 2. The fourth-order valence-corrected chi connectivity index (χ4v) is 6.04. The summed E-state index contributed by atoms with van der Waals surface area (Å²) in [5.74, 6) is 2.41. The highest BCUT2D eigenvalue weighted by Crippen LogP contribution is 2.60. The molecule has 1 atom stereocenters. The van der Waals surface area contributed by atoms with Crippen molar-refractivity contribution in [1.82, 2.24) is 14.7 Å². The molecule has 2 saturated heterocycles. The number of piperidine rings is 1. The molecule has 2 aromatic carbocycles. The van der Waals surface area contributed by atoms with Crippen molar-refractivity contribution in [2.75, 3.05) is 52.6 Å². The van der Waals surface area contributed by atoms with E-state index in [-0.39, 0.29) is 11.3 Å². The highest BCUT2D eigenvalue weighted by atomic mass is 16.7. The summed E-state index contributed by atoms with van der Waals surface area (Å²) in [6.45, 7) is 7.90. The van der Waals surface area contributed by atoms with E-state index in [0.29, 0.717) is 12.7 Å². The van der Waals surface area contributed by atoms with Gasteiger partial charge in [-0.05, 0) is 49.4 Å². The van der Waals surface area contributed by atoms with Crippen LogP contribution < -0.4 is 9.47 Å². The maximum atomic E-state index is 13.3. The first-order chi connectivity index (χ1) is 17.2. The maximum Gasteiger partial charge on any atom is 0.231 e. The van der Waals surface area contributed by atoms with Gasteiger partial charge in [0.05, 0.1) is 0 Å². The van der Waals surface area contributed by atoms with E-state index in [1.165, 1.54) is 11.1 Å². The van der Waals surface area contributed by atoms with Gasteiger partial charge >= 0.3 is 0 Å². The number of rotatable bonds is 6. The third-order valence-electron chi connectivity index (χ3n) is 8.37. The Bertz CT molecular complexity index is 1070. The zero-order valence-electron chi connectivity index (χ0n) is 20.4. The molecule has 0 aromatic heterocycles. The molecule has 1 saturated carbocycles. The van der Waals surface area contributed by atoms with Crippen molar-refractivity contribution in [2.24, 2.45) is 11.3 Å². The number of amides is 1. The second-order valence-electron chi connectivity index (χ2n) is 10.5. The Morgan fingerprint density at radius 3 is 2.51 bits per heavy atom. The summed E-state index contributed by atoms with van der Waals surface area (Å²) in [5.41, 5.74) is 2.69. The third kappa shape index (κ3) is 4.82. The molecule has 184 valence electrons. The first-order valence-electron chi connectivity index (χ1n) is 13.0. The van der Waals surface area contributed by atoms with E-state index in [9.17, 15) is 4.79 Å². The second kappa shape index (κ2) is 9.67. The van der Waals surface area contributed by atoms with Crippen LogP contribution in [0.4, 0.5) is 0 Å². The summed E-state index contributed by atoms with van der Waals surface area (Å²) in [4.78, 5) is 20.4. The topological polar surface area (TPSA) is 45.3 Å². The lowest BCUT2D eigenvalue weighted by molar-refractivity contribution is -0.135. The molecule has 3 fully saturated rings. The molecular formula is C29H35N3O3. The lowest BCUT2D eigenvalue weighted by Gasteiger charge is -2.36. The van der Waals surface area contributed by atoms with Crippen LogP contribution in [0.2, 0.25) is 0 Å². The van der Waals surface area contributed by atoms with Crippen LogP contribution in [0.25, 0.3) is 6.08 Å². The molecule has 3 heterocycles. The number of fused-ring (bicyclic) bond motifs is 1. The first kappa shape index (κ1) is 22.6. The molecule has 6 heteroatoms. The van der Waals surface area contributed by atoms with E-state index in [2.05, 4.69) is 57.2 Å². The van der Waals surface area contributed by atoms with Crippen molar-refractivity contribution in [1.29, 1.82) is 0 Å². The molecule has 2 aromatic rings. The normalized spacial score (nSPS) is 23.8. The van der Waals surface area contributed by atoms with Gasteiger partial charge < -0.3 is 14.4 Å². The molecule has 0 radical (unpaired) electrons. The van der Waals surface area contributed by atoms with Crippen LogP contribution in [-0.2, 0) is 11.3 Å². The van der Waals surface area contributed by atoms with Crippen molar-refractivity contribution < 1.29 is 14.3 Å². The van der Waals surface area contributed by atoms with Crippen molar-refractivity contribution in [3.05, 3.63) is 65.7 Å². The largest absolute Gasteiger partial charge is 0.454 e. The number of para-hydroxylation sites is 1. The number of hydrogen-bond donors (Lipinski definition) is 0. The molecule has 1 spiro atoms. The maximum absolute atomic E-state index is 13.3. The van der Waals surface area contributed by atoms with E-state index in [0.717, 1.165) is 83.1 Å². The second-order valence-corrected chi connectivity index (χ2v) is 10.5. The lowest BCUT2D eigenvalue weighted by Crippen LogP contribution is -2.49.